The molecular formula is C7H8Cl3NO3S. The summed E-state index contributed by atoms with van der Waals surface area (Å²) in [6.45, 7) is 1.23. The highest BCUT2D eigenvalue weighted by atomic mass is 35.5. The normalized spacial score (nSPS) is 11.7. The molecule has 15 heavy (non-hydrogen) atoms. The number of carboxylic acid groups (broad SMARTS) is 1. The molecule has 1 atom stereocenters. The summed E-state index contributed by atoms with van der Waals surface area (Å²) in [5.41, 5.74) is 0. The Morgan fingerprint density at radius 2 is 1.93 bits per heavy atom. The fraction of sp³-hybridized carbons (Fsp3) is 0.429. The highest BCUT2D eigenvalue weighted by Gasteiger charge is 2.19. The van der Waals surface area contributed by atoms with E-state index in [0.29, 0.717) is 0 Å². The molecule has 0 aliphatic heterocycles. The van der Waals surface area contributed by atoms with Gasteiger partial charge in [-0.05, 0) is 0 Å². The fourth-order valence-electron chi connectivity index (χ4n) is 0.631. The minimum Gasteiger partial charge on any atom is -0.480 e. The average Bonchev–Trinajstić information content (AvgIpc) is 2.10. The van der Waals surface area contributed by atoms with Gasteiger partial charge in [0.15, 0.2) is 0 Å². The molecule has 4 nitrogen and oxygen atoms in total. The molecule has 0 spiro atoms. The zero-order valence-electron chi connectivity index (χ0n) is 7.59. The lowest BCUT2D eigenvalue weighted by atomic mass is 10.3. The van der Waals surface area contributed by atoms with Gasteiger partial charge in [-0.3, -0.25) is 4.79 Å². The molecular weight excluding hydrogens is 285 g/mol. The number of aliphatic carboxylic acids is 1. The molecule has 0 aliphatic rings. The van der Waals surface area contributed by atoms with E-state index < -0.39 is 17.9 Å². The van der Waals surface area contributed by atoms with Crippen LogP contribution in [0.25, 0.3) is 0 Å². The topological polar surface area (TPSA) is 66.4 Å². The van der Waals surface area contributed by atoms with Gasteiger partial charge in [-0.1, -0.05) is 34.8 Å². The van der Waals surface area contributed by atoms with Gasteiger partial charge in [0.2, 0.25) is 5.91 Å². The van der Waals surface area contributed by atoms with Crippen LogP contribution in [0.3, 0.4) is 0 Å². The summed E-state index contributed by atoms with van der Waals surface area (Å²) in [6.07, 6.45) is 0. The van der Waals surface area contributed by atoms with Gasteiger partial charge in [-0.15, -0.1) is 11.8 Å². The SMILES string of the molecule is CC(=O)N[C@@H](CSC(Cl)=C(Cl)Cl)C(=O)O. The second kappa shape index (κ2) is 7.22. The van der Waals surface area contributed by atoms with Crippen molar-refractivity contribution in [2.75, 3.05) is 5.75 Å². The maximum absolute atomic E-state index is 10.7. The van der Waals surface area contributed by atoms with Crippen LogP contribution in [-0.2, 0) is 9.59 Å². The van der Waals surface area contributed by atoms with E-state index in [9.17, 15) is 9.59 Å². The first-order valence-corrected chi connectivity index (χ1v) is 5.80. The second-order valence-corrected chi connectivity index (χ2v) is 5.02. The van der Waals surface area contributed by atoms with E-state index in [1.807, 2.05) is 0 Å². The molecule has 0 saturated heterocycles. The van der Waals surface area contributed by atoms with E-state index in [2.05, 4.69) is 5.32 Å². The third-order valence-corrected chi connectivity index (χ3v) is 3.47. The largest absolute Gasteiger partial charge is 0.480 e. The number of hydrogen-bond donors (Lipinski definition) is 2. The molecule has 0 radical (unpaired) electrons. The minimum absolute atomic E-state index is 0.0523. The van der Waals surface area contributed by atoms with Gasteiger partial charge in [0, 0.05) is 12.7 Å². The first-order valence-electron chi connectivity index (χ1n) is 3.68. The van der Waals surface area contributed by atoms with Crippen molar-refractivity contribution in [2.24, 2.45) is 0 Å². The first kappa shape index (κ1) is 14.9. The molecule has 1 amide bonds. The summed E-state index contributed by atoms with van der Waals surface area (Å²) in [6, 6.07) is -1.02. The minimum atomic E-state index is -1.15. The number of thioether (sulfide) groups is 1. The highest BCUT2D eigenvalue weighted by molar-refractivity contribution is 8.04. The molecule has 0 aromatic rings. The van der Waals surface area contributed by atoms with Crippen LogP contribution in [0.4, 0.5) is 0 Å². The Morgan fingerprint density at radius 1 is 1.40 bits per heavy atom. The fourth-order valence-corrected chi connectivity index (χ4v) is 1.80. The van der Waals surface area contributed by atoms with Crippen molar-refractivity contribution < 1.29 is 14.7 Å². The monoisotopic (exact) mass is 291 g/mol. The van der Waals surface area contributed by atoms with Crippen LogP contribution < -0.4 is 5.32 Å². The van der Waals surface area contributed by atoms with Gasteiger partial charge in [0.25, 0.3) is 0 Å². The molecule has 8 heteroatoms. The summed E-state index contributed by atoms with van der Waals surface area (Å²) in [7, 11) is 0. The van der Waals surface area contributed by atoms with E-state index >= 15 is 0 Å². The van der Waals surface area contributed by atoms with Gasteiger partial charge in [-0.2, -0.15) is 0 Å². The van der Waals surface area contributed by atoms with Gasteiger partial charge in [-0.25, -0.2) is 4.79 Å². The zero-order valence-corrected chi connectivity index (χ0v) is 10.7. The van der Waals surface area contributed by atoms with E-state index in [4.69, 9.17) is 39.9 Å². The Labute approximate surface area is 106 Å². The van der Waals surface area contributed by atoms with Crippen molar-refractivity contribution in [1.29, 1.82) is 0 Å². The van der Waals surface area contributed by atoms with Crippen LogP contribution in [0.15, 0.2) is 8.86 Å². The Hall–Kier alpha value is -0.100. The summed E-state index contributed by atoms with van der Waals surface area (Å²) in [4.78, 5) is 21.3. The first-order chi connectivity index (χ1) is 6.84. The van der Waals surface area contributed by atoms with E-state index in [1.165, 1.54) is 6.92 Å². The molecule has 0 rings (SSSR count). The molecule has 2 N–H and O–H groups in total. The number of nitrogens with one attached hydrogen (secondary N) is 1. The van der Waals surface area contributed by atoms with Crippen molar-refractivity contribution in [1.82, 2.24) is 5.32 Å². The zero-order chi connectivity index (χ0) is 12.0. The van der Waals surface area contributed by atoms with Gasteiger partial charge < -0.3 is 10.4 Å². The Bertz CT molecular complexity index is 291. The van der Waals surface area contributed by atoms with Gasteiger partial charge in [0.05, 0.1) is 0 Å². The number of hydrogen-bond acceptors (Lipinski definition) is 3. The predicted octanol–water partition coefficient (Wildman–Crippen LogP) is 2.15. The van der Waals surface area contributed by atoms with Crippen LogP contribution in [0.1, 0.15) is 6.92 Å². The second-order valence-electron chi connectivity index (χ2n) is 2.44. The van der Waals surface area contributed by atoms with Gasteiger partial charge >= 0.3 is 5.97 Å². The number of carboxylic acids is 1. The summed E-state index contributed by atoms with van der Waals surface area (Å²) < 4.78 is -0.0384. The molecule has 0 unspecified atom stereocenters. The van der Waals surface area contributed by atoms with Crippen LogP contribution in [-0.4, -0.2) is 28.8 Å². The average molecular weight is 293 g/mol. The molecule has 0 saturated carbocycles. The predicted molar refractivity (Wildman–Crippen MR) is 62.3 cm³/mol. The summed E-state index contributed by atoms with van der Waals surface area (Å²) >= 11 is 17.2. The molecule has 0 bridgehead atoms. The van der Waals surface area contributed by atoms with E-state index in [1.54, 1.807) is 0 Å². The lowest BCUT2D eigenvalue weighted by Gasteiger charge is -2.11. The lowest BCUT2D eigenvalue weighted by molar-refractivity contribution is -0.140. The van der Waals surface area contributed by atoms with Gasteiger partial charge in [0.1, 0.15) is 14.9 Å². The maximum atomic E-state index is 10.7. The number of carbonyl (C=O) groups excluding carboxylic acids is 1. The van der Waals surface area contributed by atoms with Crippen LogP contribution in [0.2, 0.25) is 0 Å². The van der Waals surface area contributed by atoms with Crippen molar-refractivity contribution in [2.45, 2.75) is 13.0 Å². The third kappa shape index (κ3) is 6.89. The molecule has 0 aliphatic carbocycles. The Balaban J connectivity index is 4.26. The van der Waals surface area contributed by atoms with Crippen molar-refractivity contribution in [3.8, 4) is 0 Å². The van der Waals surface area contributed by atoms with Crippen LogP contribution in [0, 0.1) is 0 Å². The summed E-state index contributed by atoms with van der Waals surface area (Å²) in [5, 5.41) is 11.0. The number of amides is 1. The molecule has 0 aromatic heterocycles. The van der Waals surface area contributed by atoms with Crippen molar-refractivity contribution in [3.05, 3.63) is 8.86 Å². The quantitative estimate of drug-likeness (QED) is 0.815. The molecule has 0 fully saturated rings. The molecule has 86 valence electrons. The Kier molecular flexibility index (Phi) is 7.17. The number of carbonyl (C=O) groups is 2. The number of halogens is 3. The van der Waals surface area contributed by atoms with Crippen LogP contribution >= 0.6 is 46.6 Å². The Morgan fingerprint density at radius 3 is 2.27 bits per heavy atom. The van der Waals surface area contributed by atoms with Crippen molar-refractivity contribution >= 4 is 58.4 Å². The molecule has 0 aromatic carbocycles. The standard InChI is InChI=1S/C7H8Cl3NO3S/c1-3(12)11-4(7(13)14)2-15-6(10)5(8)9/h4H,2H2,1H3,(H,11,12)(H,13,14)/t4-/m0/s1. The summed E-state index contributed by atoms with van der Waals surface area (Å²) in [5.74, 6) is -1.52. The number of rotatable bonds is 5. The van der Waals surface area contributed by atoms with E-state index in [-0.39, 0.29) is 14.6 Å². The van der Waals surface area contributed by atoms with Crippen molar-refractivity contribution in [3.63, 3.8) is 0 Å². The van der Waals surface area contributed by atoms with E-state index in [0.717, 1.165) is 11.8 Å². The smallest absolute Gasteiger partial charge is 0.327 e. The lowest BCUT2D eigenvalue weighted by Crippen LogP contribution is -2.41. The molecule has 0 heterocycles. The van der Waals surface area contributed by atoms with Crippen LogP contribution in [0.5, 0.6) is 0 Å². The third-order valence-electron chi connectivity index (χ3n) is 1.20. The highest BCUT2D eigenvalue weighted by Crippen LogP contribution is 2.28. The maximum Gasteiger partial charge on any atom is 0.327 e.